The number of nitrogens with zero attached hydrogens (tertiary/aromatic N) is 2. The molecule has 20 heavy (non-hydrogen) atoms. The van der Waals surface area contributed by atoms with E-state index in [1.54, 1.807) is 0 Å². The molecule has 1 heterocycles. The van der Waals surface area contributed by atoms with Crippen molar-refractivity contribution in [2.24, 2.45) is 0 Å². The summed E-state index contributed by atoms with van der Waals surface area (Å²) in [7, 11) is 0. The molecule has 0 atom stereocenters. The zero-order valence-corrected chi connectivity index (χ0v) is 13.4. The molecule has 0 amide bonds. The lowest BCUT2D eigenvalue weighted by Crippen LogP contribution is -2.37. The average Bonchev–Trinajstić information content (AvgIpc) is 2.49. The van der Waals surface area contributed by atoms with E-state index in [0.717, 1.165) is 36.2 Å². The molecule has 1 aliphatic rings. The molecular weight excluding hydrogens is 270 g/mol. The molecule has 0 aliphatic heterocycles. The summed E-state index contributed by atoms with van der Waals surface area (Å²) in [4.78, 5) is 7.24. The van der Waals surface area contributed by atoms with Crippen molar-refractivity contribution in [3.05, 3.63) is 22.8 Å². The topological polar surface area (TPSA) is 28.2 Å². The van der Waals surface area contributed by atoms with Crippen LogP contribution in [0.5, 0.6) is 0 Å². The first kappa shape index (κ1) is 15.6. The number of aromatic nitrogens is 1. The van der Waals surface area contributed by atoms with Crippen molar-refractivity contribution in [2.45, 2.75) is 58.5 Å². The minimum atomic E-state index is 0.648. The third kappa shape index (κ3) is 3.86. The SMILES string of the molecule is CCNCc1nc(N(CC)C2CCCCC2)ccc1Cl. The number of hydrogen-bond acceptors (Lipinski definition) is 3. The van der Waals surface area contributed by atoms with Crippen LogP contribution in [0, 0.1) is 0 Å². The maximum absolute atomic E-state index is 6.24. The molecule has 0 aromatic carbocycles. The van der Waals surface area contributed by atoms with E-state index >= 15 is 0 Å². The van der Waals surface area contributed by atoms with E-state index in [4.69, 9.17) is 16.6 Å². The highest BCUT2D eigenvalue weighted by atomic mass is 35.5. The Morgan fingerprint density at radius 2 is 2.00 bits per heavy atom. The Balaban J connectivity index is 2.16. The van der Waals surface area contributed by atoms with Crippen molar-refractivity contribution >= 4 is 17.4 Å². The van der Waals surface area contributed by atoms with Gasteiger partial charge in [-0.25, -0.2) is 4.98 Å². The van der Waals surface area contributed by atoms with Gasteiger partial charge < -0.3 is 10.2 Å². The second-order valence-electron chi connectivity index (χ2n) is 5.46. The number of halogens is 1. The predicted octanol–water partition coefficient (Wildman–Crippen LogP) is 4.00. The van der Waals surface area contributed by atoms with Crippen LogP contribution in [0.3, 0.4) is 0 Å². The molecule has 1 aliphatic carbocycles. The lowest BCUT2D eigenvalue weighted by molar-refractivity contribution is 0.416. The van der Waals surface area contributed by atoms with E-state index in [2.05, 4.69) is 30.1 Å². The molecule has 1 aromatic heterocycles. The lowest BCUT2D eigenvalue weighted by atomic mass is 9.94. The van der Waals surface area contributed by atoms with E-state index in [-0.39, 0.29) is 0 Å². The minimum absolute atomic E-state index is 0.648. The molecule has 0 saturated heterocycles. The maximum Gasteiger partial charge on any atom is 0.129 e. The molecule has 4 heteroatoms. The van der Waals surface area contributed by atoms with Crippen molar-refractivity contribution in [3.8, 4) is 0 Å². The van der Waals surface area contributed by atoms with E-state index < -0.39 is 0 Å². The van der Waals surface area contributed by atoms with Crippen LogP contribution < -0.4 is 10.2 Å². The molecule has 1 saturated carbocycles. The van der Waals surface area contributed by atoms with Crippen molar-refractivity contribution in [2.75, 3.05) is 18.0 Å². The predicted molar refractivity (Wildman–Crippen MR) is 86.5 cm³/mol. The van der Waals surface area contributed by atoms with Gasteiger partial charge in [0.25, 0.3) is 0 Å². The molecule has 3 nitrogen and oxygen atoms in total. The summed E-state index contributed by atoms with van der Waals surface area (Å²) in [5.41, 5.74) is 0.959. The van der Waals surface area contributed by atoms with Crippen LogP contribution in [-0.4, -0.2) is 24.1 Å². The summed E-state index contributed by atoms with van der Waals surface area (Å²) in [6.45, 7) is 7.00. The summed E-state index contributed by atoms with van der Waals surface area (Å²) in [6.07, 6.45) is 6.66. The van der Waals surface area contributed by atoms with Gasteiger partial charge in [0.15, 0.2) is 0 Å². The largest absolute Gasteiger partial charge is 0.354 e. The smallest absolute Gasteiger partial charge is 0.129 e. The van der Waals surface area contributed by atoms with Crippen LogP contribution in [0.1, 0.15) is 51.6 Å². The Hall–Kier alpha value is -0.800. The van der Waals surface area contributed by atoms with Crippen molar-refractivity contribution < 1.29 is 0 Å². The van der Waals surface area contributed by atoms with Gasteiger partial charge in [0.05, 0.1) is 10.7 Å². The second kappa shape index (κ2) is 7.84. The van der Waals surface area contributed by atoms with Gasteiger partial charge in [0.1, 0.15) is 5.82 Å². The Labute approximate surface area is 127 Å². The van der Waals surface area contributed by atoms with Crippen LogP contribution in [0.15, 0.2) is 12.1 Å². The fourth-order valence-electron chi connectivity index (χ4n) is 3.00. The van der Waals surface area contributed by atoms with Gasteiger partial charge in [-0.2, -0.15) is 0 Å². The molecule has 1 N–H and O–H groups in total. The number of nitrogens with one attached hydrogen (secondary N) is 1. The number of hydrogen-bond donors (Lipinski definition) is 1. The Morgan fingerprint density at radius 3 is 2.65 bits per heavy atom. The van der Waals surface area contributed by atoms with Crippen LogP contribution in [0.4, 0.5) is 5.82 Å². The first-order chi connectivity index (χ1) is 9.76. The average molecular weight is 296 g/mol. The molecule has 0 spiro atoms. The third-order valence-corrected chi connectivity index (χ3v) is 4.44. The monoisotopic (exact) mass is 295 g/mol. The fourth-order valence-corrected chi connectivity index (χ4v) is 3.17. The van der Waals surface area contributed by atoms with Crippen LogP contribution in [0.2, 0.25) is 5.02 Å². The van der Waals surface area contributed by atoms with Crippen molar-refractivity contribution in [1.29, 1.82) is 0 Å². The normalized spacial score (nSPS) is 16.4. The van der Waals surface area contributed by atoms with Crippen molar-refractivity contribution in [3.63, 3.8) is 0 Å². The van der Waals surface area contributed by atoms with Gasteiger partial charge in [-0.15, -0.1) is 0 Å². The quantitative estimate of drug-likeness (QED) is 0.860. The maximum atomic E-state index is 6.24. The highest BCUT2D eigenvalue weighted by Crippen LogP contribution is 2.27. The van der Waals surface area contributed by atoms with E-state index in [1.807, 2.05) is 6.07 Å². The molecule has 1 fully saturated rings. The zero-order valence-electron chi connectivity index (χ0n) is 12.7. The highest BCUT2D eigenvalue weighted by Gasteiger charge is 2.21. The van der Waals surface area contributed by atoms with Crippen LogP contribution in [0.25, 0.3) is 0 Å². The van der Waals surface area contributed by atoms with Crippen molar-refractivity contribution in [1.82, 2.24) is 10.3 Å². The van der Waals surface area contributed by atoms with Gasteiger partial charge in [0.2, 0.25) is 0 Å². The van der Waals surface area contributed by atoms with Gasteiger partial charge in [0, 0.05) is 19.1 Å². The van der Waals surface area contributed by atoms with Gasteiger partial charge in [-0.3, -0.25) is 0 Å². The molecule has 2 rings (SSSR count). The molecule has 1 aromatic rings. The minimum Gasteiger partial charge on any atom is -0.354 e. The molecule has 0 radical (unpaired) electrons. The van der Waals surface area contributed by atoms with Gasteiger partial charge >= 0.3 is 0 Å². The Kier molecular flexibility index (Phi) is 6.11. The first-order valence-corrected chi connectivity index (χ1v) is 8.26. The Morgan fingerprint density at radius 1 is 1.25 bits per heavy atom. The number of pyridine rings is 1. The summed E-state index contributed by atoms with van der Waals surface area (Å²) in [6, 6.07) is 4.70. The zero-order chi connectivity index (χ0) is 14.4. The van der Waals surface area contributed by atoms with E-state index in [1.165, 1.54) is 32.1 Å². The standard InChI is InChI=1S/C16H26ClN3/c1-3-18-12-15-14(17)10-11-16(19-15)20(4-2)13-8-6-5-7-9-13/h10-11,13,18H,3-9,12H2,1-2H3. The molecule has 112 valence electrons. The molecule has 0 unspecified atom stereocenters. The summed E-state index contributed by atoms with van der Waals surface area (Å²) in [5, 5.41) is 4.06. The number of rotatable bonds is 6. The second-order valence-corrected chi connectivity index (χ2v) is 5.86. The van der Waals surface area contributed by atoms with E-state index in [0.29, 0.717) is 6.04 Å². The first-order valence-electron chi connectivity index (χ1n) is 7.89. The van der Waals surface area contributed by atoms with Crippen LogP contribution in [-0.2, 0) is 6.54 Å². The number of anilines is 1. The Bertz CT molecular complexity index is 416. The van der Waals surface area contributed by atoms with Crippen LogP contribution >= 0.6 is 11.6 Å². The van der Waals surface area contributed by atoms with E-state index in [9.17, 15) is 0 Å². The molecular formula is C16H26ClN3. The van der Waals surface area contributed by atoms with Gasteiger partial charge in [-0.05, 0) is 38.4 Å². The third-order valence-electron chi connectivity index (χ3n) is 4.10. The molecule has 0 bridgehead atoms. The summed E-state index contributed by atoms with van der Waals surface area (Å²) >= 11 is 6.24. The lowest BCUT2D eigenvalue weighted by Gasteiger charge is -2.34. The summed E-state index contributed by atoms with van der Waals surface area (Å²) in [5.74, 6) is 1.08. The summed E-state index contributed by atoms with van der Waals surface area (Å²) < 4.78 is 0. The highest BCUT2D eigenvalue weighted by molar-refractivity contribution is 6.31. The van der Waals surface area contributed by atoms with Gasteiger partial charge in [-0.1, -0.05) is 37.8 Å². The fraction of sp³-hybridized carbons (Fsp3) is 0.688.